The van der Waals surface area contributed by atoms with Crippen molar-refractivity contribution in [3.05, 3.63) is 0 Å². The van der Waals surface area contributed by atoms with Gasteiger partial charge in [-0.25, -0.2) is 0 Å². The van der Waals surface area contributed by atoms with Gasteiger partial charge in [0.15, 0.2) is 0 Å². The fourth-order valence-corrected chi connectivity index (χ4v) is 8.16. The summed E-state index contributed by atoms with van der Waals surface area (Å²) < 4.78 is 23.7. The zero-order chi connectivity index (χ0) is 19.2. The van der Waals surface area contributed by atoms with Crippen molar-refractivity contribution in [2.75, 3.05) is 13.2 Å². The summed E-state index contributed by atoms with van der Waals surface area (Å²) in [6.45, 7) is 8.15. The van der Waals surface area contributed by atoms with Crippen LogP contribution in [0.25, 0.3) is 0 Å². The topological polar surface area (TPSA) is 104 Å². The molecule has 138 valence electrons. The van der Waals surface area contributed by atoms with Crippen LogP contribution in [0.1, 0.15) is 54.4 Å². The molecule has 0 radical (unpaired) electrons. The van der Waals surface area contributed by atoms with E-state index in [9.17, 15) is 22.5 Å². The fraction of sp³-hybridized carbons (Fsp3) is 0.750. The van der Waals surface area contributed by atoms with Gasteiger partial charge in [-0.15, -0.1) is 0 Å². The summed E-state index contributed by atoms with van der Waals surface area (Å²) in [6.07, 6.45) is -0.608. The molecule has 0 spiro atoms. The second kappa shape index (κ2) is 8.99. The average Bonchev–Trinajstić information content (AvgIpc) is 2.41. The van der Waals surface area contributed by atoms with Crippen LogP contribution in [0.3, 0.4) is 0 Å². The Balaban J connectivity index is 5.35. The summed E-state index contributed by atoms with van der Waals surface area (Å²) in [5, 5.41) is 0. The van der Waals surface area contributed by atoms with E-state index in [-0.39, 0.29) is 24.4 Å². The zero-order valence-corrected chi connectivity index (χ0v) is 16.9. The third-order valence-electron chi connectivity index (χ3n) is 4.01. The molecule has 0 saturated carbocycles. The van der Waals surface area contributed by atoms with Gasteiger partial charge >= 0.3 is 144 Å². The normalized spacial score (nSPS) is 12.5. The summed E-state index contributed by atoms with van der Waals surface area (Å²) in [7, 11) is 0. The predicted octanol–water partition coefficient (Wildman–Crippen LogP) is 2.64. The van der Waals surface area contributed by atoms with Gasteiger partial charge in [-0.2, -0.15) is 0 Å². The summed E-state index contributed by atoms with van der Waals surface area (Å²) in [6, 6.07) is 0. The molecule has 24 heavy (non-hydrogen) atoms. The number of hydrogen-bond acceptors (Lipinski definition) is 7. The number of hydrogen-bond donors (Lipinski definition) is 0. The maximum atomic E-state index is 13.7. The monoisotopic (exact) mass is 380 g/mol. The van der Waals surface area contributed by atoms with Crippen LogP contribution in [-0.2, 0) is 45.2 Å². The Morgan fingerprint density at radius 1 is 0.750 bits per heavy atom. The Hall–Kier alpha value is -0.886. The van der Waals surface area contributed by atoms with Crippen molar-refractivity contribution in [1.82, 2.24) is 0 Å². The van der Waals surface area contributed by atoms with E-state index < -0.39 is 49.3 Å². The minimum absolute atomic E-state index is 0.304. The SMILES string of the molecule is CC(=O)CC(=O)C[O][Ti](=[O])([O]CC(=O)CC(C)=O)([CH](C)C)[CH](C)C. The van der Waals surface area contributed by atoms with Crippen LogP contribution in [0, 0.1) is 0 Å². The van der Waals surface area contributed by atoms with Gasteiger partial charge in [0, 0.05) is 0 Å². The van der Waals surface area contributed by atoms with E-state index >= 15 is 0 Å². The molecule has 0 aromatic carbocycles. The number of ketones is 4. The van der Waals surface area contributed by atoms with Crippen molar-refractivity contribution in [2.45, 2.75) is 62.8 Å². The Morgan fingerprint density at radius 3 is 1.25 bits per heavy atom. The first-order chi connectivity index (χ1) is 10.8. The Labute approximate surface area is 144 Å². The van der Waals surface area contributed by atoms with Gasteiger partial charge in [0.05, 0.1) is 0 Å². The molecule has 0 amide bonds. The molecular weight excluding hydrogens is 352 g/mol. The van der Waals surface area contributed by atoms with E-state index in [2.05, 4.69) is 0 Å². The second-order valence-corrected chi connectivity index (χ2v) is 14.9. The molecule has 0 rings (SSSR count). The van der Waals surface area contributed by atoms with Gasteiger partial charge in [-0.05, 0) is 0 Å². The number of rotatable bonds is 12. The molecule has 7 nitrogen and oxygen atoms in total. The third-order valence-corrected chi connectivity index (χ3v) is 12.7. The molecule has 0 atom stereocenters. The van der Waals surface area contributed by atoms with Gasteiger partial charge < -0.3 is 0 Å². The van der Waals surface area contributed by atoms with Gasteiger partial charge in [0.1, 0.15) is 0 Å². The predicted molar refractivity (Wildman–Crippen MR) is 83.4 cm³/mol. The Bertz CT molecular complexity index is 525. The molecule has 8 heteroatoms. The molecule has 0 aliphatic heterocycles. The van der Waals surface area contributed by atoms with Crippen molar-refractivity contribution < 1.29 is 45.2 Å². The van der Waals surface area contributed by atoms with Crippen LogP contribution in [0.2, 0.25) is 8.45 Å². The number of carbonyl (C=O) groups excluding carboxylic acids is 4. The molecule has 0 heterocycles. The summed E-state index contributed by atoms with van der Waals surface area (Å²) in [5.74, 6) is -1.61. The van der Waals surface area contributed by atoms with E-state index in [0.29, 0.717) is 0 Å². The van der Waals surface area contributed by atoms with Crippen molar-refractivity contribution in [3.8, 4) is 0 Å². The van der Waals surface area contributed by atoms with Crippen LogP contribution < -0.4 is 0 Å². The van der Waals surface area contributed by atoms with Gasteiger partial charge in [0.25, 0.3) is 0 Å². The van der Waals surface area contributed by atoms with E-state index in [1.807, 2.05) is 0 Å². The first-order valence-corrected chi connectivity index (χ1v) is 11.7. The molecule has 0 unspecified atom stereocenters. The fourth-order valence-electron chi connectivity index (χ4n) is 2.48. The zero-order valence-electron chi connectivity index (χ0n) is 15.3. The Morgan fingerprint density at radius 2 is 1.04 bits per heavy atom. The van der Waals surface area contributed by atoms with Crippen molar-refractivity contribution >= 4 is 23.1 Å². The first kappa shape index (κ1) is 23.1. The van der Waals surface area contributed by atoms with Crippen LogP contribution in [0.15, 0.2) is 0 Å². The second-order valence-electron chi connectivity index (χ2n) is 6.85. The Kier molecular flexibility index (Phi) is 8.66. The number of Topliss-reactive ketones (excluding diaryl/α,β-unsaturated/α-hetero) is 4. The summed E-state index contributed by atoms with van der Waals surface area (Å²) in [5.41, 5.74) is 0. The van der Waals surface area contributed by atoms with E-state index in [4.69, 9.17) is 6.64 Å². The van der Waals surface area contributed by atoms with Crippen molar-refractivity contribution in [2.24, 2.45) is 0 Å². The van der Waals surface area contributed by atoms with E-state index in [1.165, 1.54) is 13.8 Å². The molecular formula is C16H28O7Ti. The van der Waals surface area contributed by atoms with Crippen LogP contribution in [0.4, 0.5) is 0 Å². The minimum atomic E-state index is -5.40. The summed E-state index contributed by atoms with van der Waals surface area (Å²) >= 11 is -5.40. The van der Waals surface area contributed by atoms with Crippen molar-refractivity contribution in [3.63, 3.8) is 0 Å². The van der Waals surface area contributed by atoms with Crippen LogP contribution in [-0.4, -0.2) is 36.3 Å². The third kappa shape index (κ3) is 6.20. The molecule has 0 bridgehead atoms. The standard InChI is InChI=1S/2C5H7O3.2C3H7.O.Ti/c2*1-4(7)2-5(8)3-6;2*1-3-2;;/h2*2-3H2,1H3;2*3H,1-2H3;;/q2*-1;;;;+2. The van der Waals surface area contributed by atoms with Gasteiger partial charge in [-0.1, -0.05) is 0 Å². The molecule has 0 fully saturated rings. The maximum absolute atomic E-state index is 13.7. The van der Waals surface area contributed by atoms with Crippen LogP contribution >= 0.6 is 0 Å². The van der Waals surface area contributed by atoms with E-state index in [1.54, 1.807) is 27.7 Å². The molecule has 0 N–H and O–H groups in total. The molecule has 0 aliphatic rings. The van der Waals surface area contributed by atoms with Gasteiger partial charge in [-0.3, -0.25) is 0 Å². The molecule has 0 aliphatic carbocycles. The van der Waals surface area contributed by atoms with Crippen molar-refractivity contribution in [1.29, 1.82) is 0 Å². The average molecular weight is 380 g/mol. The van der Waals surface area contributed by atoms with Gasteiger partial charge in [0.2, 0.25) is 0 Å². The molecule has 0 saturated heterocycles. The molecule has 0 aromatic rings. The first-order valence-electron chi connectivity index (χ1n) is 8.01. The summed E-state index contributed by atoms with van der Waals surface area (Å²) in [4.78, 5) is 45.5. The van der Waals surface area contributed by atoms with Crippen LogP contribution in [0.5, 0.6) is 0 Å². The quantitative estimate of drug-likeness (QED) is 0.379. The number of carbonyl (C=O) groups is 4. The van der Waals surface area contributed by atoms with E-state index in [0.717, 1.165) is 0 Å². The molecule has 0 aromatic heterocycles.